The van der Waals surface area contributed by atoms with Crippen LogP contribution < -0.4 is 0 Å². The first-order valence-corrected chi connectivity index (χ1v) is 6.81. The molecule has 0 spiro atoms. The molecule has 0 amide bonds. The van der Waals surface area contributed by atoms with Crippen LogP contribution in [0.4, 0.5) is 0 Å². The molecule has 1 aromatic rings. The molecule has 4 heteroatoms. The van der Waals surface area contributed by atoms with E-state index in [1.807, 2.05) is 30.3 Å². The lowest BCUT2D eigenvalue weighted by atomic mass is 10.1. The predicted octanol–water partition coefficient (Wildman–Crippen LogP) is 1.03. The third kappa shape index (κ3) is 4.95. The number of rotatable bonds is 6. The van der Waals surface area contributed by atoms with Gasteiger partial charge in [-0.05, 0) is 18.4 Å². The van der Waals surface area contributed by atoms with Gasteiger partial charge in [0.1, 0.15) is 0 Å². The predicted molar refractivity (Wildman–Crippen MR) is 60.5 cm³/mol. The van der Waals surface area contributed by atoms with Crippen LogP contribution in [0.2, 0.25) is 0 Å². The molecule has 0 aromatic heterocycles. The van der Waals surface area contributed by atoms with Crippen LogP contribution in [0.1, 0.15) is 12.0 Å². The highest BCUT2D eigenvalue weighted by Gasteiger charge is 2.08. The second kappa shape index (κ2) is 5.88. The van der Waals surface area contributed by atoms with E-state index >= 15 is 0 Å². The highest BCUT2D eigenvalue weighted by atomic mass is 32.2. The van der Waals surface area contributed by atoms with Crippen LogP contribution in [-0.4, -0.2) is 31.6 Å². The minimum atomic E-state index is -3.05. The molecule has 0 saturated carbocycles. The Hall–Kier alpha value is -0.870. The summed E-state index contributed by atoms with van der Waals surface area (Å²) in [7, 11) is -3.05. The maximum Gasteiger partial charge on any atom is 0.152 e. The van der Waals surface area contributed by atoms with Crippen LogP contribution in [0.15, 0.2) is 30.3 Å². The Labute approximate surface area is 90.7 Å². The van der Waals surface area contributed by atoms with E-state index in [0.29, 0.717) is 6.42 Å². The van der Waals surface area contributed by atoms with Gasteiger partial charge in [0, 0.05) is 0 Å². The Bertz CT molecular complexity index is 370. The number of aliphatic hydroxyl groups excluding tert-OH is 1. The minimum Gasteiger partial charge on any atom is -0.395 e. The molecule has 0 saturated heterocycles. The lowest BCUT2D eigenvalue weighted by Crippen LogP contribution is -2.14. The monoisotopic (exact) mass is 228 g/mol. The van der Waals surface area contributed by atoms with E-state index < -0.39 is 9.84 Å². The number of aliphatic hydroxyl groups is 1. The standard InChI is InChI=1S/C11H16O3S/c12-8-10-15(13,14)9-4-7-11-5-2-1-3-6-11/h1-3,5-6,12H,4,7-10H2. The fourth-order valence-corrected chi connectivity index (χ4v) is 2.45. The molecule has 0 unspecified atom stereocenters. The van der Waals surface area contributed by atoms with Crippen LogP contribution in [0.3, 0.4) is 0 Å². The highest BCUT2D eigenvalue weighted by Crippen LogP contribution is 2.04. The van der Waals surface area contributed by atoms with Crippen molar-refractivity contribution in [2.45, 2.75) is 12.8 Å². The molecule has 0 aliphatic rings. The molecule has 3 nitrogen and oxygen atoms in total. The Morgan fingerprint density at radius 2 is 1.73 bits per heavy atom. The van der Waals surface area contributed by atoms with Crippen LogP contribution >= 0.6 is 0 Å². The second-order valence-corrected chi connectivity index (χ2v) is 5.77. The van der Waals surface area contributed by atoms with Gasteiger partial charge in [-0.2, -0.15) is 0 Å². The van der Waals surface area contributed by atoms with Gasteiger partial charge in [0.25, 0.3) is 0 Å². The summed E-state index contributed by atoms with van der Waals surface area (Å²) in [6.07, 6.45) is 1.39. The van der Waals surface area contributed by atoms with Crippen molar-refractivity contribution in [2.24, 2.45) is 0 Å². The van der Waals surface area contributed by atoms with Gasteiger partial charge in [-0.1, -0.05) is 30.3 Å². The van der Waals surface area contributed by atoms with Crippen molar-refractivity contribution in [1.29, 1.82) is 0 Å². The summed E-state index contributed by atoms with van der Waals surface area (Å²) in [6, 6.07) is 9.79. The number of hydrogen-bond donors (Lipinski definition) is 1. The van der Waals surface area contributed by atoms with E-state index in [4.69, 9.17) is 5.11 Å². The highest BCUT2D eigenvalue weighted by molar-refractivity contribution is 7.91. The van der Waals surface area contributed by atoms with Crippen LogP contribution in [0, 0.1) is 0 Å². The lowest BCUT2D eigenvalue weighted by Gasteiger charge is -2.02. The van der Waals surface area contributed by atoms with Gasteiger partial charge in [0.05, 0.1) is 18.1 Å². The summed E-state index contributed by atoms with van der Waals surface area (Å²) >= 11 is 0. The molecule has 0 atom stereocenters. The van der Waals surface area contributed by atoms with Gasteiger partial charge in [0.2, 0.25) is 0 Å². The van der Waals surface area contributed by atoms with E-state index in [1.165, 1.54) is 0 Å². The molecule has 0 aliphatic carbocycles. The van der Waals surface area contributed by atoms with Gasteiger partial charge >= 0.3 is 0 Å². The van der Waals surface area contributed by atoms with Crippen molar-refractivity contribution >= 4 is 9.84 Å². The van der Waals surface area contributed by atoms with Crippen molar-refractivity contribution in [1.82, 2.24) is 0 Å². The van der Waals surface area contributed by atoms with Crippen molar-refractivity contribution in [3.8, 4) is 0 Å². The first kappa shape index (κ1) is 12.2. The van der Waals surface area contributed by atoms with Gasteiger partial charge in [0.15, 0.2) is 9.84 Å². The third-order valence-corrected chi connectivity index (χ3v) is 3.88. The van der Waals surface area contributed by atoms with E-state index in [-0.39, 0.29) is 18.1 Å². The zero-order valence-electron chi connectivity index (χ0n) is 8.59. The Balaban J connectivity index is 2.34. The van der Waals surface area contributed by atoms with E-state index in [0.717, 1.165) is 12.0 Å². The molecule has 0 bridgehead atoms. The molecular formula is C11H16O3S. The van der Waals surface area contributed by atoms with Crippen molar-refractivity contribution < 1.29 is 13.5 Å². The Morgan fingerprint density at radius 1 is 1.07 bits per heavy atom. The first-order valence-electron chi connectivity index (χ1n) is 4.99. The summed E-state index contributed by atoms with van der Waals surface area (Å²) in [4.78, 5) is 0. The fraction of sp³-hybridized carbons (Fsp3) is 0.455. The zero-order valence-corrected chi connectivity index (χ0v) is 9.41. The molecule has 0 heterocycles. The maximum absolute atomic E-state index is 11.3. The summed E-state index contributed by atoms with van der Waals surface area (Å²) in [5.41, 5.74) is 1.15. The number of hydrogen-bond acceptors (Lipinski definition) is 3. The molecular weight excluding hydrogens is 212 g/mol. The molecule has 15 heavy (non-hydrogen) atoms. The van der Waals surface area contributed by atoms with Gasteiger partial charge in [-0.25, -0.2) is 8.42 Å². The zero-order chi connectivity index (χ0) is 11.1. The summed E-state index contributed by atoms with van der Waals surface area (Å²) in [6.45, 7) is -0.284. The normalized spacial score (nSPS) is 11.5. The largest absolute Gasteiger partial charge is 0.395 e. The molecule has 0 radical (unpaired) electrons. The SMILES string of the molecule is O=S(=O)(CCO)CCCc1ccccc1. The first-order chi connectivity index (χ1) is 7.14. The van der Waals surface area contributed by atoms with Crippen LogP contribution in [0.25, 0.3) is 0 Å². The second-order valence-electron chi connectivity index (χ2n) is 3.46. The average Bonchev–Trinajstić information content (AvgIpc) is 2.19. The van der Waals surface area contributed by atoms with E-state index in [9.17, 15) is 8.42 Å². The van der Waals surface area contributed by atoms with Gasteiger partial charge in [-0.3, -0.25) is 0 Å². The minimum absolute atomic E-state index is 0.123. The van der Waals surface area contributed by atoms with Gasteiger partial charge in [-0.15, -0.1) is 0 Å². The fourth-order valence-electron chi connectivity index (χ4n) is 1.38. The summed E-state index contributed by atoms with van der Waals surface area (Å²) in [5, 5.41) is 8.54. The molecule has 84 valence electrons. The molecule has 0 aliphatic heterocycles. The van der Waals surface area contributed by atoms with Crippen molar-refractivity contribution in [2.75, 3.05) is 18.1 Å². The smallest absolute Gasteiger partial charge is 0.152 e. The molecule has 1 N–H and O–H groups in total. The Morgan fingerprint density at radius 3 is 2.33 bits per heavy atom. The number of aryl methyl sites for hydroxylation is 1. The summed E-state index contributed by atoms with van der Waals surface area (Å²) in [5.74, 6) is 0.0320. The van der Waals surface area contributed by atoms with Crippen LogP contribution in [0.5, 0.6) is 0 Å². The topological polar surface area (TPSA) is 54.4 Å². The quantitative estimate of drug-likeness (QED) is 0.791. The maximum atomic E-state index is 11.3. The Kier molecular flexibility index (Phi) is 4.78. The third-order valence-electron chi connectivity index (χ3n) is 2.17. The van der Waals surface area contributed by atoms with E-state index in [2.05, 4.69) is 0 Å². The van der Waals surface area contributed by atoms with Crippen molar-refractivity contribution in [3.63, 3.8) is 0 Å². The molecule has 1 rings (SSSR count). The van der Waals surface area contributed by atoms with Crippen molar-refractivity contribution in [3.05, 3.63) is 35.9 Å². The lowest BCUT2D eigenvalue weighted by molar-refractivity contribution is 0.319. The number of benzene rings is 1. The summed E-state index contributed by atoms with van der Waals surface area (Å²) < 4.78 is 22.5. The van der Waals surface area contributed by atoms with Gasteiger partial charge < -0.3 is 5.11 Å². The van der Waals surface area contributed by atoms with E-state index in [1.54, 1.807) is 0 Å². The number of sulfone groups is 1. The average molecular weight is 228 g/mol. The van der Waals surface area contributed by atoms with Crippen LogP contribution in [-0.2, 0) is 16.3 Å². The molecule has 0 fully saturated rings. The molecule has 1 aromatic carbocycles.